The highest BCUT2D eigenvalue weighted by Crippen LogP contribution is 2.20. The van der Waals surface area contributed by atoms with Crippen LogP contribution in [0.25, 0.3) is 0 Å². The van der Waals surface area contributed by atoms with Crippen molar-refractivity contribution in [2.75, 3.05) is 12.3 Å². The summed E-state index contributed by atoms with van der Waals surface area (Å²) in [5.41, 5.74) is 7.86. The number of carbonyl (C=O) groups is 1. The highest BCUT2D eigenvalue weighted by atomic mass is 35.5. The van der Waals surface area contributed by atoms with E-state index in [0.717, 1.165) is 5.56 Å². The molecule has 0 bridgehead atoms. The molecule has 4 heteroatoms. The largest absolute Gasteiger partial charge is 0.398 e. The van der Waals surface area contributed by atoms with Crippen molar-refractivity contribution < 1.29 is 4.79 Å². The first-order chi connectivity index (χ1) is 9.61. The van der Waals surface area contributed by atoms with Crippen LogP contribution in [0.5, 0.6) is 0 Å². The number of carbonyl (C=O) groups excluding carboxylic acids is 1. The molecule has 3 nitrogen and oxygen atoms in total. The Morgan fingerprint density at radius 1 is 1.20 bits per heavy atom. The van der Waals surface area contributed by atoms with Gasteiger partial charge in [0.25, 0.3) is 5.91 Å². The van der Waals surface area contributed by atoms with Gasteiger partial charge in [-0.3, -0.25) is 4.79 Å². The second-order valence-electron chi connectivity index (χ2n) is 4.54. The highest BCUT2D eigenvalue weighted by molar-refractivity contribution is 6.31. The van der Waals surface area contributed by atoms with Gasteiger partial charge < -0.3 is 10.6 Å². The zero-order chi connectivity index (χ0) is 14.5. The first-order valence-electron chi connectivity index (χ1n) is 6.50. The Morgan fingerprint density at radius 2 is 1.90 bits per heavy atom. The summed E-state index contributed by atoms with van der Waals surface area (Å²) >= 11 is 5.94. The third-order valence-corrected chi connectivity index (χ3v) is 3.37. The molecular formula is C16H17ClN2O. The normalized spacial score (nSPS) is 10.3. The van der Waals surface area contributed by atoms with Crippen LogP contribution in [0.2, 0.25) is 5.02 Å². The molecule has 2 aromatic carbocycles. The molecule has 2 aromatic rings. The molecule has 2 N–H and O–H groups in total. The Morgan fingerprint density at radius 3 is 2.55 bits per heavy atom. The first kappa shape index (κ1) is 14.4. The van der Waals surface area contributed by atoms with Gasteiger partial charge in [0.2, 0.25) is 0 Å². The van der Waals surface area contributed by atoms with E-state index in [2.05, 4.69) is 0 Å². The van der Waals surface area contributed by atoms with Crippen molar-refractivity contribution in [3.8, 4) is 0 Å². The van der Waals surface area contributed by atoms with Crippen LogP contribution in [0.3, 0.4) is 0 Å². The number of hydrogen-bond acceptors (Lipinski definition) is 2. The third-order valence-electron chi connectivity index (χ3n) is 3.13. The number of amides is 1. The van der Waals surface area contributed by atoms with Crippen molar-refractivity contribution in [3.05, 3.63) is 64.7 Å². The summed E-state index contributed by atoms with van der Waals surface area (Å²) in [6, 6.07) is 14.8. The predicted molar refractivity (Wildman–Crippen MR) is 82.7 cm³/mol. The van der Waals surface area contributed by atoms with Gasteiger partial charge in [-0.05, 0) is 30.7 Å². The van der Waals surface area contributed by atoms with Crippen LogP contribution >= 0.6 is 11.6 Å². The molecule has 0 atom stereocenters. The molecule has 0 spiro atoms. The predicted octanol–water partition coefficient (Wildman–Crippen LogP) is 3.58. The lowest BCUT2D eigenvalue weighted by Crippen LogP contribution is -2.30. The Bertz CT molecular complexity index is 599. The van der Waals surface area contributed by atoms with E-state index in [9.17, 15) is 4.79 Å². The van der Waals surface area contributed by atoms with Crippen molar-refractivity contribution in [2.24, 2.45) is 0 Å². The molecule has 0 aliphatic heterocycles. The van der Waals surface area contributed by atoms with E-state index in [1.165, 1.54) is 0 Å². The van der Waals surface area contributed by atoms with Crippen LogP contribution < -0.4 is 5.73 Å². The lowest BCUT2D eigenvalue weighted by atomic mass is 10.1. The fourth-order valence-electron chi connectivity index (χ4n) is 2.02. The Kier molecular flexibility index (Phi) is 4.64. The zero-order valence-electron chi connectivity index (χ0n) is 11.3. The number of nitrogens with zero attached hydrogens (tertiary/aromatic N) is 1. The van der Waals surface area contributed by atoms with Gasteiger partial charge in [0, 0.05) is 23.8 Å². The molecule has 0 radical (unpaired) electrons. The van der Waals surface area contributed by atoms with Crippen LogP contribution in [0.15, 0.2) is 48.5 Å². The summed E-state index contributed by atoms with van der Waals surface area (Å²) in [6.07, 6.45) is 0. The maximum atomic E-state index is 12.5. The maximum absolute atomic E-state index is 12.5. The first-order valence-corrected chi connectivity index (χ1v) is 6.88. The van der Waals surface area contributed by atoms with Crippen molar-refractivity contribution in [1.82, 2.24) is 4.90 Å². The van der Waals surface area contributed by atoms with Crippen LogP contribution in [-0.2, 0) is 6.54 Å². The van der Waals surface area contributed by atoms with Gasteiger partial charge in [-0.25, -0.2) is 0 Å². The topological polar surface area (TPSA) is 46.3 Å². The van der Waals surface area contributed by atoms with Gasteiger partial charge in [0.15, 0.2) is 0 Å². The van der Waals surface area contributed by atoms with Gasteiger partial charge >= 0.3 is 0 Å². The maximum Gasteiger partial charge on any atom is 0.256 e. The molecule has 2 rings (SSSR count). The van der Waals surface area contributed by atoms with E-state index in [0.29, 0.717) is 29.4 Å². The van der Waals surface area contributed by atoms with Crippen molar-refractivity contribution in [3.63, 3.8) is 0 Å². The molecule has 0 heterocycles. The second-order valence-corrected chi connectivity index (χ2v) is 4.97. The smallest absolute Gasteiger partial charge is 0.256 e. The van der Waals surface area contributed by atoms with E-state index in [-0.39, 0.29) is 5.91 Å². The molecule has 104 valence electrons. The molecule has 0 aromatic heterocycles. The second kappa shape index (κ2) is 6.44. The van der Waals surface area contributed by atoms with Crippen molar-refractivity contribution in [2.45, 2.75) is 13.5 Å². The summed E-state index contributed by atoms with van der Waals surface area (Å²) in [6.45, 7) is 3.11. The van der Waals surface area contributed by atoms with E-state index in [1.54, 1.807) is 23.1 Å². The Labute approximate surface area is 124 Å². The summed E-state index contributed by atoms with van der Waals surface area (Å²) < 4.78 is 0. The number of nitrogens with two attached hydrogens (primary N) is 1. The number of rotatable bonds is 4. The van der Waals surface area contributed by atoms with Crippen LogP contribution in [0.1, 0.15) is 22.8 Å². The minimum absolute atomic E-state index is 0.101. The van der Waals surface area contributed by atoms with E-state index in [4.69, 9.17) is 17.3 Å². The minimum atomic E-state index is -0.101. The fourth-order valence-corrected chi connectivity index (χ4v) is 2.19. The van der Waals surface area contributed by atoms with Gasteiger partial charge in [0.05, 0.1) is 5.56 Å². The van der Waals surface area contributed by atoms with E-state index in [1.807, 2.05) is 37.3 Å². The average Bonchev–Trinajstić information content (AvgIpc) is 2.47. The van der Waals surface area contributed by atoms with Crippen molar-refractivity contribution >= 4 is 23.2 Å². The summed E-state index contributed by atoms with van der Waals surface area (Å²) in [7, 11) is 0. The zero-order valence-corrected chi connectivity index (χ0v) is 12.1. The quantitative estimate of drug-likeness (QED) is 0.874. The minimum Gasteiger partial charge on any atom is -0.398 e. The van der Waals surface area contributed by atoms with Gasteiger partial charge in [0.1, 0.15) is 0 Å². The molecule has 20 heavy (non-hydrogen) atoms. The lowest BCUT2D eigenvalue weighted by Gasteiger charge is -2.22. The van der Waals surface area contributed by atoms with Gasteiger partial charge in [-0.1, -0.05) is 41.9 Å². The SMILES string of the molecule is CCN(Cc1ccccc1)C(=O)c1cc(Cl)ccc1N. The highest BCUT2D eigenvalue weighted by Gasteiger charge is 2.17. The third kappa shape index (κ3) is 3.31. The van der Waals surface area contributed by atoms with Crippen LogP contribution in [0.4, 0.5) is 5.69 Å². The van der Waals surface area contributed by atoms with Gasteiger partial charge in [-0.2, -0.15) is 0 Å². The Hall–Kier alpha value is -2.00. The number of halogens is 1. The lowest BCUT2D eigenvalue weighted by molar-refractivity contribution is 0.0753. The molecule has 0 fully saturated rings. The monoisotopic (exact) mass is 288 g/mol. The number of nitrogen functional groups attached to an aromatic ring is 1. The van der Waals surface area contributed by atoms with Gasteiger partial charge in [-0.15, -0.1) is 0 Å². The molecule has 1 amide bonds. The molecule has 0 saturated carbocycles. The summed E-state index contributed by atoms with van der Waals surface area (Å²) in [5, 5.41) is 0.512. The fraction of sp³-hybridized carbons (Fsp3) is 0.188. The number of anilines is 1. The molecular weight excluding hydrogens is 272 g/mol. The summed E-state index contributed by atoms with van der Waals surface area (Å²) in [5.74, 6) is -0.101. The number of benzene rings is 2. The van der Waals surface area contributed by atoms with Crippen LogP contribution in [0, 0.1) is 0 Å². The van der Waals surface area contributed by atoms with E-state index >= 15 is 0 Å². The summed E-state index contributed by atoms with van der Waals surface area (Å²) in [4.78, 5) is 14.3. The molecule has 0 saturated heterocycles. The number of hydrogen-bond donors (Lipinski definition) is 1. The van der Waals surface area contributed by atoms with E-state index < -0.39 is 0 Å². The van der Waals surface area contributed by atoms with Crippen molar-refractivity contribution in [1.29, 1.82) is 0 Å². The molecule has 0 unspecified atom stereocenters. The molecule has 0 aliphatic rings. The van der Waals surface area contributed by atoms with Crippen LogP contribution in [-0.4, -0.2) is 17.4 Å². The standard InChI is InChI=1S/C16H17ClN2O/c1-2-19(11-12-6-4-3-5-7-12)16(20)14-10-13(17)8-9-15(14)18/h3-10H,2,11,18H2,1H3. The molecule has 0 aliphatic carbocycles. The Balaban J connectivity index is 2.23. The average molecular weight is 289 g/mol.